The number of hydrogen-bond acceptors (Lipinski definition) is 7. The second-order valence-corrected chi connectivity index (χ2v) is 8.24. The predicted molar refractivity (Wildman–Crippen MR) is 129 cm³/mol. The Morgan fingerprint density at radius 3 is 2.49 bits per heavy atom. The van der Waals surface area contributed by atoms with E-state index >= 15 is 0 Å². The lowest BCUT2D eigenvalue weighted by Gasteiger charge is -2.15. The van der Waals surface area contributed by atoms with Crippen LogP contribution in [0.5, 0.6) is 5.75 Å². The maximum atomic E-state index is 12.5. The van der Waals surface area contributed by atoms with Crippen molar-refractivity contribution in [3.05, 3.63) is 63.9 Å². The summed E-state index contributed by atoms with van der Waals surface area (Å²) < 4.78 is 5.73. The SMILES string of the molecule is CC(C)NC(=O)CC[C@H](NC(=O)c1ccc(OCc2ccc3nc(N)[nH]c(=O)c3c2)cc1)C(=O)O. The maximum absolute atomic E-state index is 12.5. The fourth-order valence-electron chi connectivity index (χ4n) is 3.33. The first-order chi connectivity index (χ1) is 16.6. The molecule has 0 aliphatic heterocycles. The summed E-state index contributed by atoms with van der Waals surface area (Å²) in [6.45, 7) is 3.78. The van der Waals surface area contributed by atoms with Gasteiger partial charge in [0.2, 0.25) is 11.9 Å². The topological polar surface area (TPSA) is 176 Å². The van der Waals surface area contributed by atoms with E-state index in [0.717, 1.165) is 5.56 Å². The molecule has 1 atom stereocenters. The highest BCUT2D eigenvalue weighted by molar-refractivity contribution is 5.96. The van der Waals surface area contributed by atoms with E-state index in [9.17, 15) is 24.3 Å². The molecular formula is C24H27N5O6. The number of H-pyrrole nitrogens is 1. The van der Waals surface area contributed by atoms with E-state index in [1.165, 1.54) is 12.1 Å². The van der Waals surface area contributed by atoms with Gasteiger partial charge in [-0.25, -0.2) is 9.78 Å². The Hall–Kier alpha value is -4.41. The van der Waals surface area contributed by atoms with Crippen LogP contribution < -0.4 is 26.7 Å². The molecular weight excluding hydrogens is 454 g/mol. The standard InChI is InChI=1S/C24H27N5O6/c1-13(2)26-20(30)10-9-19(23(33)34)27-21(31)15-4-6-16(7-5-15)35-12-14-3-8-18-17(11-14)22(32)29-24(25)28-18/h3-8,11,13,19H,9-10,12H2,1-2H3,(H,26,30)(H,27,31)(H,33,34)(H3,25,28,29,32)/t19-/m0/s1. The zero-order chi connectivity index (χ0) is 25.5. The minimum absolute atomic E-state index is 0.0215. The minimum atomic E-state index is -1.22. The lowest BCUT2D eigenvalue weighted by molar-refractivity contribution is -0.139. The van der Waals surface area contributed by atoms with Gasteiger partial charge in [0.15, 0.2) is 0 Å². The van der Waals surface area contributed by atoms with Crippen molar-refractivity contribution in [3.63, 3.8) is 0 Å². The summed E-state index contributed by atoms with van der Waals surface area (Å²) >= 11 is 0. The van der Waals surface area contributed by atoms with Gasteiger partial charge in [-0.1, -0.05) is 6.07 Å². The predicted octanol–water partition coefficient (Wildman–Crippen LogP) is 1.57. The lowest BCUT2D eigenvalue weighted by Crippen LogP contribution is -2.42. The first-order valence-corrected chi connectivity index (χ1v) is 11.0. The Kier molecular flexibility index (Phi) is 8.03. The summed E-state index contributed by atoms with van der Waals surface area (Å²) in [7, 11) is 0. The van der Waals surface area contributed by atoms with E-state index in [0.29, 0.717) is 16.7 Å². The summed E-state index contributed by atoms with van der Waals surface area (Å²) in [6, 6.07) is 10.0. The summed E-state index contributed by atoms with van der Waals surface area (Å²) in [4.78, 5) is 54.3. The molecule has 184 valence electrons. The van der Waals surface area contributed by atoms with Crippen LogP contribution in [0.4, 0.5) is 5.95 Å². The fourth-order valence-corrected chi connectivity index (χ4v) is 3.33. The van der Waals surface area contributed by atoms with Crippen molar-refractivity contribution in [1.82, 2.24) is 20.6 Å². The summed E-state index contributed by atoms with van der Waals surface area (Å²) in [5.41, 5.74) is 6.67. The highest BCUT2D eigenvalue weighted by Gasteiger charge is 2.22. The number of nitrogen functional groups attached to an aromatic ring is 1. The average molecular weight is 482 g/mol. The van der Waals surface area contributed by atoms with Crippen molar-refractivity contribution in [2.24, 2.45) is 0 Å². The third-order valence-corrected chi connectivity index (χ3v) is 5.02. The molecule has 3 aromatic rings. The van der Waals surface area contributed by atoms with Gasteiger partial charge in [-0.3, -0.25) is 19.4 Å². The summed E-state index contributed by atoms with van der Waals surface area (Å²) in [6.07, 6.45) is -0.0518. The fraction of sp³-hybridized carbons (Fsp3) is 0.292. The highest BCUT2D eigenvalue weighted by atomic mass is 16.5. The molecule has 1 aromatic heterocycles. The zero-order valence-electron chi connectivity index (χ0n) is 19.3. The number of ether oxygens (including phenoxy) is 1. The van der Waals surface area contributed by atoms with Gasteiger partial charge >= 0.3 is 5.97 Å². The molecule has 0 unspecified atom stereocenters. The molecule has 0 saturated heterocycles. The van der Waals surface area contributed by atoms with Crippen LogP contribution in [0.2, 0.25) is 0 Å². The van der Waals surface area contributed by atoms with E-state index in [4.69, 9.17) is 10.5 Å². The van der Waals surface area contributed by atoms with Crippen molar-refractivity contribution in [1.29, 1.82) is 0 Å². The molecule has 2 aromatic carbocycles. The number of aromatic nitrogens is 2. The Morgan fingerprint density at radius 2 is 1.83 bits per heavy atom. The van der Waals surface area contributed by atoms with E-state index in [1.807, 2.05) is 0 Å². The normalized spacial score (nSPS) is 11.7. The van der Waals surface area contributed by atoms with Gasteiger partial charge in [0.05, 0.1) is 10.9 Å². The molecule has 0 radical (unpaired) electrons. The van der Waals surface area contributed by atoms with E-state index in [1.54, 1.807) is 44.2 Å². The lowest BCUT2D eigenvalue weighted by atomic mass is 10.1. The second kappa shape index (κ2) is 11.1. The van der Waals surface area contributed by atoms with Crippen LogP contribution in [0.1, 0.15) is 42.6 Å². The molecule has 1 heterocycles. The number of nitrogens with two attached hydrogens (primary N) is 1. The molecule has 0 spiro atoms. The van der Waals surface area contributed by atoms with Crippen LogP contribution in [0.25, 0.3) is 10.9 Å². The summed E-state index contributed by atoms with van der Waals surface area (Å²) in [5, 5.41) is 14.9. The summed E-state index contributed by atoms with van der Waals surface area (Å²) in [5.74, 6) is -1.55. The van der Waals surface area contributed by atoms with Crippen molar-refractivity contribution in [3.8, 4) is 5.75 Å². The molecule has 0 saturated carbocycles. The smallest absolute Gasteiger partial charge is 0.326 e. The average Bonchev–Trinajstić information content (AvgIpc) is 2.80. The van der Waals surface area contributed by atoms with Crippen LogP contribution in [-0.4, -0.2) is 44.9 Å². The molecule has 11 heteroatoms. The van der Waals surface area contributed by atoms with Gasteiger partial charge < -0.3 is 26.2 Å². The van der Waals surface area contributed by atoms with E-state index in [2.05, 4.69) is 20.6 Å². The molecule has 6 N–H and O–H groups in total. The Labute approximate surface area is 200 Å². The van der Waals surface area contributed by atoms with Crippen molar-refractivity contribution in [2.75, 3.05) is 5.73 Å². The van der Waals surface area contributed by atoms with Gasteiger partial charge in [-0.15, -0.1) is 0 Å². The molecule has 0 aliphatic carbocycles. The Morgan fingerprint density at radius 1 is 1.11 bits per heavy atom. The van der Waals surface area contributed by atoms with Crippen molar-refractivity contribution in [2.45, 2.75) is 45.4 Å². The van der Waals surface area contributed by atoms with Gasteiger partial charge in [-0.05, 0) is 62.2 Å². The number of nitrogens with one attached hydrogen (secondary N) is 3. The Balaban J connectivity index is 1.58. The monoisotopic (exact) mass is 481 g/mol. The molecule has 0 aliphatic rings. The maximum Gasteiger partial charge on any atom is 0.326 e. The number of benzene rings is 2. The van der Waals surface area contributed by atoms with Crippen LogP contribution in [0.15, 0.2) is 47.3 Å². The first kappa shape index (κ1) is 25.2. The minimum Gasteiger partial charge on any atom is -0.489 e. The third-order valence-electron chi connectivity index (χ3n) is 5.02. The number of anilines is 1. The third kappa shape index (κ3) is 7.03. The van der Waals surface area contributed by atoms with Gasteiger partial charge in [0.25, 0.3) is 11.5 Å². The van der Waals surface area contributed by atoms with E-state index < -0.39 is 17.9 Å². The van der Waals surface area contributed by atoms with E-state index in [-0.39, 0.29) is 48.5 Å². The second-order valence-electron chi connectivity index (χ2n) is 8.24. The zero-order valence-corrected chi connectivity index (χ0v) is 19.3. The molecule has 2 amide bonds. The molecule has 0 bridgehead atoms. The number of amides is 2. The number of rotatable bonds is 10. The van der Waals surface area contributed by atoms with Crippen LogP contribution >= 0.6 is 0 Å². The number of aromatic amines is 1. The number of carbonyl (C=O) groups is 3. The largest absolute Gasteiger partial charge is 0.489 e. The molecule has 11 nitrogen and oxygen atoms in total. The van der Waals surface area contributed by atoms with Crippen LogP contribution in [0, 0.1) is 0 Å². The van der Waals surface area contributed by atoms with Crippen molar-refractivity contribution >= 4 is 34.6 Å². The number of carboxylic acids is 1. The number of aliphatic carboxylic acids is 1. The molecule has 35 heavy (non-hydrogen) atoms. The van der Waals surface area contributed by atoms with Crippen molar-refractivity contribution < 1.29 is 24.2 Å². The number of carboxylic acid groups (broad SMARTS) is 1. The van der Waals surface area contributed by atoms with Gasteiger partial charge in [0.1, 0.15) is 18.4 Å². The van der Waals surface area contributed by atoms with Crippen LogP contribution in [0.3, 0.4) is 0 Å². The number of hydrogen-bond donors (Lipinski definition) is 5. The van der Waals surface area contributed by atoms with Gasteiger partial charge in [0, 0.05) is 18.0 Å². The molecule has 0 fully saturated rings. The first-order valence-electron chi connectivity index (χ1n) is 11.0. The highest BCUT2D eigenvalue weighted by Crippen LogP contribution is 2.17. The number of carbonyl (C=O) groups excluding carboxylic acids is 2. The molecule has 3 rings (SSSR count). The van der Waals surface area contributed by atoms with Crippen LogP contribution in [-0.2, 0) is 16.2 Å². The number of nitrogens with zero attached hydrogens (tertiary/aromatic N) is 1. The van der Waals surface area contributed by atoms with Gasteiger partial charge in [-0.2, -0.15) is 0 Å². The Bertz CT molecular complexity index is 1290. The number of fused-ring (bicyclic) bond motifs is 1. The quantitative estimate of drug-likeness (QED) is 0.290.